The summed E-state index contributed by atoms with van der Waals surface area (Å²) in [5, 5.41) is 13.4. The summed E-state index contributed by atoms with van der Waals surface area (Å²) in [5.74, 6) is -1.17. The van der Waals surface area contributed by atoms with Gasteiger partial charge in [-0.3, -0.25) is 9.59 Å². The van der Waals surface area contributed by atoms with Crippen LogP contribution in [-0.2, 0) is 4.79 Å². The number of carboxylic acid groups (broad SMARTS) is 1. The van der Waals surface area contributed by atoms with Crippen molar-refractivity contribution in [2.24, 2.45) is 0 Å². The highest BCUT2D eigenvalue weighted by Crippen LogP contribution is 2.30. The van der Waals surface area contributed by atoms with Gasteiger partial charge in [0.25, 0.3) is 5.91 Å². The van der Waals surface area contributed by atoms with Crippen molar-refractivity contribution in [3.63, 3.8) is 0 Å². The number of carbonyl (C=O) groups excluding carboxylic acids is 1. The number of hydrogen-bond acceptors (Lipinski definition) is 4. The van der Waals surface area contributed by atoms with Crippen LogP contribution < -0.4 is 5.32 Å². The number of benzene rings is 4. The lowest BCUT2D eigenvalue weighted by Crippen LogP contribution is -2.15. The summed E-state index contributed by atoms with van der Waals surface area (Å²) in [4.78, 5) is 34.8. The van der Waals surface area contributed by atoms with Crippen LogP contribution >= 0.6 is 0 Å². The summed E-state index contributed by atoms with van der Waals surface area (Å²) >= 11 is 0. The van der Waals surface area contributed by atoms with Crippen LogP contribution in [0.4, 0.5) is 5.69 Å². The Hall–Kier alpha value is -5.30. The molecule has 1 amide bonds. The van der Waals surface area contributed by atoms with E-state index in [0.29, 0.717) is 16.8 Å². The molecule has 2 aromatic heterocycles. The smallest absolute Gasteiger partial charge is 0.305 e. The minimum absolute atomic E-state index is 0.100. The topological polar surface area (TPSA) is 97.1 Å². The van der Waals surface area contributed by atoms with Crippen LogP contribution in [-0.4, -0.2) is 31.5 Å². The van der Waals surface area contributed by atoms with Crippen molar-refractivity contribution in [2.45, 2.75) is 19.4 Å². The van der Waals surface area contributed by atoms with E-state index in [0.717, 1.165) is 38.8 Å². The van der Waals surface area contributed by atoms with Crippen molar-refractivity contribution in [1.82, 2.24) is 14.5 Å². The van der Waals surface area contributed by atoms with Gasteiger partial charge in [-0.25, -0.2) is 9.97 Å². The fourth-order valence-corrected chi connectivity index (χ4v) is 5.05. The summed E-state index contributed by atoms with van der Waals surface area (Å²) in [6.45, 7) is 2.00. The van der Waals surface area contributed by atoms with E-state index in [9.17, 15) is 14.7 Å². The van der Waals surface area contributed by atoms with Crippen LogP contribution in [0.2, 0.25) is 0 Å². The average molecular weight is 527 g/mol. The minimum atomic E-state index is -0.908. The zero-order valence-corrected chi connectivity index (χ0v) is 21.8. The van der Waals surface area contributed by atoms with Crippen LogP contribution in [0.25, 0.3) is 33.2 Å². The van der Waals surface area contributed by atoms with Crippen molar-refractivity contribution in [2.75, 3.05) is 5.32 Å². The Balaban J connectivity index is 1.39. The lowest BCUT2D eigenvalue weighted by atomic mass is 10.0. The number of amides is 1. The SMILES string of the molecule is Cc1ccc2c(C(=O)Nc3ccc4ncn(C(CC(=O)O)c5ccccc5)c4c3)cc(-c3ccccc3)nc2c1. The molecule has 196 valence electrons. The van der Waals surface area contributed by atoms with E-state index in [2.05, 4.69) is 10.3 Å². The number of imidazole rings is 1. The fraction of sp³-hybridized carbons (Fsp3) is 0.0909. The van der Waals surface area contributed by atoms with Gasteiger partial charge < -0.3 is 15.0 Å². The molecule has 0 fully saturated rings. The number of carboxylic acids is 1. The highest BCUT2D eigenvalue weighted by Gasteiger charge is 2.21. The molecule has 0 aliphatic carbocycles. The van der Waals surface area contributed by atoms with Gasteiger partial charge in [0.1, 0.15) is 0 Å². The first-order chi connectivity index (χ1) is 19.5. The highest BCUT2D eigenvalue weighted by atomic mass is 16.4. The predicted molar refractivity (Wildman–Crippen MR) is 156 cm³/mol. The number of aryl methyl sites for hydroxylation is 1. The zero-order chi connectivity index (χ0) is 27.6. The Morgan fingerprint density at radius 2 is 1.62 bits per heavy atom. The van der Waals surface area contributed by atoms with Gasteiger partial charge in [-0.1, -0.05) is 72.8 Å². The monoisotopic (exact) mass is 526 g/mol. The number of pyridine rings is 1. The number of fused-ring (bicyclic) bond motifs is 2. The van der Waals surface area contributed by atoms with Crippen molar-refractivity contribution in [3.8, 4) is 11.3 Å². The van der Waals surface area contributed by atoms with Crippen molar-refractivity contribution >= 4 is 39.5 Å². The molecule has 7 heteroatoms. The number of hydrogen-bond donors (Lipinski definition) is 2. The molecule has 7 nitrogen and oxygen atoms in total. The summed E-state index contributed by atoms with van der Waals surface area (Å²) < 4.78 is 1.85. The van der Waals surface area contributed by atoms with Gasteiger partial charge in [0.05, 0.1) is 46.6 Å². The number of anilines is 1. The molecule has 0 aliphatic rings. The first-order valence-corrected chi connectivity index (χ1v) is 13.0. The molecule has 4 aromatic carbocycles. The number of aliphatic carboxylic acids is 1. The minimum Gasteiger partial charge on any atom is -0.481 e. The average Bonchev–Trinajstić information content (AvgIpc) is 3.39. The number of nitrogens with zero attached hydrogens (tertiary/aromatic N) is 3. The molecule has 0 saturated heterocycles. The van der Waals surface area contributed by atoms with E-state index in [1.54, 1.807) is 12.4 Å². The Bertz CT molecular complexity index is 1860. The summed E-state index contributed by atoms with van der Waals surface area (Å²) in [5.41, 5.74) is 6.86. The van der Waals surface area contributed by atoms with Gasteiger partial charge >= 0.3 is 5.97 Å². The first-order valence-electron chi connectivity index (χ1n) is 13.0. The molecule has 40 heavy (non-hydrogen) atoms. The second-order valence-electron chi connectivity index (χ2n) is 9.78. The zero-order valence-electron chi connectivity index (χ0n) is 21.8. The van der Waals surface area contributed by atoms with Crippen LogP contribution in [0.3, 0.4) is 0 Å². The van der Waals surface area contributed by atoms with E-state index in [-0.39, 0.29) is 12.3 Å². The van der Waals surface area contributed by atoms with E-state index < -0.39 is 12.0 Å². The largest absolute Gasteiger partial charge is 0.481 e. The first kappa shape index (κ1) is 25.0. The van der Waals surface area contributed by atoms with Gasteiger partial charge in [0.2, 0.25) is 0 Å². The van der Waals surface area contributed by atoms with Gasteiger partial charge in [0, 0.05) is 16.6 Å². The Labute approximate surface area is 230 Å². The maximum absolute atomic E-state index is 13.7. The summed E-state index contributed by atoms with van der Waals surface area (Å²) in [6, 6.07) is 32.0. The van der Waals surface area contributed by atoms with E-state index in [1.807, 2.05) is 109 Å². The molecule has 2 heterocycles. The van der Waals surface area contributed by atoms with E-state index in [1.165, 1.54) is 0 Å². The summed E-state index contributed by atoms with van der Waals surface area (Å²) in [6.07, 6.45) is 1.55. The molecule has 0 bridgehead atoms. The standard InChI is InChI=1S/C33H26N4O3/c1-21-12-14-25-26(18-28(36-29(25)16-21)22-8-4-2-5-9-22)33(40)35-24-13-15-27-31(17-24)37(20-34-27)30(19-32(38)39)23-10-6-3-7-11-23/h2-18,20,30H,19H2,1H3,(H,35,40)(H,38,39). The molecule has 6 rings (SSSR count). The maximum atomic E-state index is 13.7. The molecule has 1 unspecified atom stereocenters. The molecule has 2 N–H and O–H groups in total. The van der Waals surface area contributed by atoms with Gasteiger partial charge in [0.15, 0.2) is 0 Å². The van der Waals surface area contributed by atoms with Crippen LogP contribution in [0, 0.1) is 6.92 Å². The van der Waals surface area contributed by atoms with Crippen molar-refractivity contribution in [1.29, 1.82) is 0 Å². The van der Waals surface area contributed by atoms with Gasteiger partial charge in [-0.2, -0.15) is 0 Å². The van der Waals surface area contributed by atoms with Gasteiger partial charge in [-0.05, 0) is 48.4 Å². The normalized spacial score (nSPS) is 11.9. The van der Waals surface area contributed by atoms with Crippen molar-refractivity contribution in [3.05, 3.63) is 126 Å². The van der Waals surface area contributed by atoms with E-state index in [4.69, 9.17) is 4.98 Å². The number of rotatable bonds is 7. The Kier molecular flexibility index (Phi) is 6.54. The lowest BCUT2D eigenvalue weighted by Gasteiger charge is -2.18. The third kappa shape index (κ3) is 4.92. The van der Waals surface area contributed by atoms with Gasteiger partial charge in [-0.15, -0.1) is 0 Å². The molecular formula is C33H26N4O3. The second kappa shape index (κ2) is 10.5. The van der Waals surface area contributed by atoms with Crippen LogP contribution in [0.5, 0.6) is 0 Å². The Morgan fingerprint density at radius 3 is 2.38 bits per heavy atom. The number of carbonyl (C=O) groups is 2. The molecule has 0 saturated carbocycles. The molecule has 0 spiro atoms. The number of aromatic nitrogens is 3. The Morgan fingerprint density at radius 1 is 0.875 bits per heavy atom. The molecular weight excluding hydrogens is 500 g/mol. The molecule has 0 radical (unpaired) electrons. The third-order valence-electron chi connectivity index (χ3n) is 7.00. The lowest BCUT2D eigenvalue weighted by molar-refractivity contribution is -0.137. The maximum Gasteiger partial charge on any atom is 0.305 e. The molecule has 1 atom stereocenters. The highest BCUT2D eigenvalue weighted by molar-refractivity contribution is 6.13. The van der Waals surface area contributed by atoms with E-state index >= 15 is 0 Å². The quantitative estimate of drug-likeness (QED) is 0.236. The molecule has 6 aromatic rings. The molecule has 0 aliphatic heterocycles. The van der Waals surface area contributed by atoms with Crippen LogP contribution in [0.1, 0.15) is 33.9 Å². The third-order valence-corrected chi connectivity index (χ3v) is 7.00. The predicted octanol–water partition coefficient (Wildman–Crippen LogP) is 6.88. The fourth-order valence-electron chi connectivity index (χ4n) is 5.05. The van der Waals surface area contributed by atoms with Crippen LogP contribution in [0.15, 0.2) is 109 Å². The second-order valence-corrected chi connectivity index (χ2v) is 9.78. The number of nitrogens with one attached hydrogen (secondary N) is 1. The van der Waals surface area contributed by atoms with Crippen molar-refractivity contribution < 1.29 is 14.7 Å². The summed E-state index contributed by atoms with van der Waals surface area (Å²) in [7, 11) is 0.